The molecule has 1 heterocycles. The largest absolute Gasteiger partial charge is 0.380 e. The lowest BCUT2D eigenvalue weighted by Gasteiger charge is -2.07. The lowest BCUT2D eigenvalue weighted by Crippen LogP contribution is -2.07. The van der Waals surface area contributed by atoms with Gasteiger partial charge in [0.25, 0.3) is 0 Å². The van der Waals surface area contributed by atoms with Gasteiger partial charge in [0.1, 0.15) is 11.9 Å². The zero-order chi connectivity index (χ0) is 16.4. The van der Waals surface area contributed by atoms with Gasteiger partial charge >= 0.3 is 0 Å². The van der Waals surface area contributed by atoms with E-state index in [0.717, 1.165) is 27.8 Å². The molecule has 0 radical (unpaired) electrons. The number of halogens is 1. The van der Waals surface area contributed by atoms with Crippen molar-refractivity contribution >= 4 is 10.8 Å². The molecule has 1 aromatic heterocycles. The number of benzene rings is 2. The number of pyridine rings is 1. The van der Waals surface area contributed by atoms with E-state index in [0.29, 0.717) is 11.8 Å². The molecule has 0 bridgehead atoms. The Bertz CT molecular complexity index is 894. The van der Waals surface area contributed by atoms with Gasteiger partial charge in [-0.05, 0) is 41.6 Å². The monoisotopic (exact) mass is 305 g/mol. The molecular weight excluding hydrogens is 289 g/mol. The number of aliphatic hydroxyl groups excluding tert-OH is 1. The Kier molecular flexibility index (Phi) is 4.10. The van der Waals surface area contributed by atoms with Crippen molar-refractivity contribution < 1.29 is 9.50 Å². The van der Waals surface area contributed by atoms with Crippen LogP contribution in [0.4, 0.5) is 4.39 Å². The molecule has 3 rings (SSSR count). The Morgan fingerprint density at radius 1 is 1.17 bits per heavy atom. The molecule has 114 valence electrons. The number of nitrogens with zero attached hydrogens (tertiary/aromatic N) is 1. The number of aromatic nitrogens is 1. The average molecular weight is 305 g/mol. The smallest absolute Gasteiger partial charge is 0.131 e. The van der Waals surface area contributed by atoms with Gasteiger partial charge in [0.2, 0.25) is 0 Å². The summed E-state index contributed by atoms with van der Waals surface area (Å²) in [6, 6.07) is 12.9. The summed E-state index contributed by atoms with van der Waals surface area (Å²) in [5, 5.41) is 10.9. The molecule has 3 heteroatoms. The highest BCUT2D eigenvalue weighted by Gasteiger charge is 2.07. The molecule has 3 aromatic rings. The van der Waals surface area contributed by atoms with E-state index >= 15 is 0 Å². The van der Waals surface area contributed by atoms with Crippen LogP contribution in [0.2, 0.25) is 0 Å². The molecule has 0 aliphatic heterocycles. The molecule has 2 aromatic carbocycles. The van der Waals surface area contributed by atoms with Gasteiger partial charge in [0.15, 0.2) is 0 Å². The van der Waals surface area contributed by atoms with E-state index < -0.39 is 6.10 Å². The Morgan fingerprint density at radius 3 is 2.65 bits per heavy atom. The minimum atomic E-state index is -0.827. The van der Waals surface area contributed by atoms with Crippen molar-refractivity contribution in [1.29, 1.82) is 0 Å². The molecule has 0 aliphatic rings. The lowest BCUT2D eigenvalue weighted by atomic mass is 10.0. The second-order valence-corrected chi connectivity index (χ2v) is 5.61. The maximum absolute atomic E-state index is 14.1. The fraction of sp³-hybridized carbons (Fsp3) is 0.150. The number of fused-ring (bicyclic) bond motifs is 1. The SMILES string of the molecule is C#CC(O)Cc1ccc(-c2ccc3cc(C)cc(F)c3c2)cn1. The topological polar surface area (TPSA) is 33.1 Å². The van der Waals surface area contributed by atoms with Gasteiger partial charge in [-0.1, -0.05) is 30.2 Å². The van der Waals surface area contributed by atoms with Gasteiger partial charge in [-0.2, -0.15) is 0 Å². The van der Waals surface area contributed by atoms with Crippen molar-refractivity contribution in [1.82, 2.24) is 4.98 Å². The van der Waals surface area contributed by atoms with Crippen LogP contribution in [0.3, 0.4) is 0 Å². The summed E-state index contributed by atoms with van der Waals surface area (Å²) in [6.45, 7) is 1.88. The summed E-state index contributed by atoms with van der Waals surface area (Å²) in [5.41, 5.74) is 3.42. The predicted octanol–water partition coefficient (Wildman–Crippen LogP) is 3.89. The average Bonchev–Trinajstić information content (AvgIpc) is 2.55. The number of hydrogen-bond acceptors (Lipinski definition) is 2. The first kappa shape index (κ1) is 15.2. The maximum atomic E-state index is 14.1. The molecule has 23 heavy (non-hydrogen) atoms. The second kappa shape index (κ2) is 6.20. The summed E-state index contributed by atoms with van der Waals surface area (Å²) in [6.07, 6.45) is 6.36. The molecule has 0 saturated heterocycles. The first-order valence-corrected chi connectivity index (χ1v) is 7.36. The fourth-order valence-corrected chi connectivity index (χ4v) is 2.61. The van der Waals surface area contributed by atoms with Gasteiger partial charge in [-0.3, -0.25) is 4.98 Å². The first-order valence-electron chi connectivity index (χ1n) is 7.36. The van der Waals surface area contributed by atoms with Gasteiger partial charge in [0.05, 0.1) is 0 Å². The van der Waals surface area contributed by atoms with Crippen LogP contribution < -0.4 is 0 Å². The van der Waals surface area contributed by atoms with E-state index in [9.17, 15) is 9.50 Å². The summed E-state index contributed by atoms with van der Waals surface area (Å²) in [7, 11) is 0. The van der Waals surface area contributed by atoms with Crippen molar-refractivity contribution in [3.05, 3.63) is 65.7 Å². The summed E-state index contributed by atoms with van der Waals surface area (Å²) >= 11 is 0. The Hall–Kier alpha value is -2.70. The molecule has 0 saturated carbocycles. The lowest BCUT2D eigenvalue weighted by molar-refractivity contribution is 0.232. The van der Waals surface area contributed by atoms with E-state index in [1.54, 1.807) is 6.20 Å². The fourth-order valence-electron chi connectivity index (χ4n) is 2.61. The highest BCUT2D eigenvalue weighted by molar-refractivity contribution is 5.88. The van der Waals surface area contributed by atoms with Gasteiger partial charge < -0.3 is 5.11 Å². The van der Waals surface area contributed by atoms with Gasteiger partial charge in [-0.25, -0.2) is 4.39 Å². The van der Waals surface area contributed by atoms with Gasteiger partial charge in [-0.15, -0.1) is 6.42 Å². The van der Waals surface area contributed by atoms with Crippen LogP contribution in [0.15, 0.2) is 48.7 Å². The molecule has 0 aliphatic carbocycles. The summed E-state index contributed by atoms with van der Waals surface area (Å²) < 4.78 is 14.1. The van der Waals surface area contributed by atoms with E-state index in [4.69, 9.17) is 6.42 Å². The van der Waals surface area contributed by atoms with E-state index in [2.05, 4.69) is 10.9 Å². The third-order valence-electron chi connectivity index (χ3n) is 3.80. The van der Waals surface area contributed by atoms with E-state index in [1.165, 1.54) is 6.07 Å². The molecule has 1 unspecified atom stereocenters. The highest BCUT2D eigenvalue weighted by atomic mass is 19.1. The molecule has 0 amide bonds. The molecule has 1 atom stereocenters. The minimum Gasteiger partial charge on any atom is -0.380 e. The van der Waals surface area contributed by atoms with Crippen LogP contribution in [-0.2, 0) is 6.42 Å². The van der Waals surface area contributed by atoms with Crippen molar-refractivity contribution in [2.75, 3.05) is 0 Å². The maximum Gasteiger partial charge on any atom is 0.131 e. The molecule has 0 spiro atoms. The van der Waals surface area contributed by atoms with Crippen LogP contribution in [-0.4, -0.2) is 16.2 Å². The third-order valence-corrected chi connectivity index (χ3v) is 3.80. The number of hydrogen-bond donors (Lipinski definition) is 1. The number of aliphatic hydroxyl groups is 1. The van der Waals surface area contributed by atoms with Crippen LogP contribution in [0.25, 0.3) is 21.9 Å². The zero-order valence-corrected chi connectivity index (χ0v) is 12.8. The summed E-state index contributed by atoms with van der Waals surface area (Å²) in [4.78, 5) is 4.31. The predicted molar refractivity (Wildman–Crippen MR) is 90.4 cm³/mol. The molecule has 2 nitrogen and oxygen atoms in total. The van der Waals surface area contributed by atoms with Gasteiger partial charge in [0, 0.05) is 29.3 Å². The van der Waals surface area contributed by atoms with Crippen molar-refractivity contribution in [2.24, 2.45) is 0 Å². The standard InChI is InChI=1S/C20H16FNO/c1-3-18(23)11-17-7-6-16(12-22-17)14-4-5-15-8-13(2)9-20(21)19(15)10-14/h1,4-10,12,18,23H,11H2,2H3. The van der Waals surface area contributed by atoms with Crippen molar-refractivity contribution in [2.45, 2.75) is 19.4 Å². The number of rotatable bonds is 3. The first-order chi connectivity index (χ1) is 11.1. The minimum absolute atomic E-state index is 0.219. The van der Waals surface area contributed by atoms with Crippen LogP contribution >= 0.6 is 0 Å². The normalized spacial score (nSPS) is 12.1. The number of terminal acetylenes is 1. The zero-order valence-electron chi connectivity index (χ0n) is 12.8. The molecular formula is C20H16FNO. The van der Waals surface area contributed by atoms with E-state index in [-0.39, 0.29) is 5.82 Å². The number of aryl methyl sites for hydroxylation is 1. The van der Waals surface area contributed by atoms with Crippen molar-refractivity contribution in [3.63, 3.8) is 0 Å². The highest BCUT2D eigenvalue weighted by Crippen LogP contribution is 2.27. The Labute approximate surface area is 134 Å². The molecule has 0 fully saturated rings. The van der Waals surface area contributed by atoms with E-state index in [1.807, 2.05) is 43.3 Å². The Balaban J connectivity index is 1.95. The second-order valence-electron chi connectivity index (χ2n) is 5.61. The molecule has 1 N–H and O–H groups in total. The quantitative estimate of drug-likeness (QED) is 0.745. The van der Waals surface area contributed by atoms with Crippen molar-refractivity contribution in [3.8, 4) is 23.5 Å². The summed E-state index contributed by atoms with van der Waals surface area (Å²) in [5.74, 6) is 2.05. The van der Waals surface area contributed by atoms with Crippen LogP contribution in [0.5, 0.6) is 0 Å². The van der Waals surface area contributed by atoms with Crippen LogP contribution in [0, 0.1) is 25.1 Å². The third kappa shape index (κ3) is 3.23. The van der Waals surface area contributed by atoms with Crippen LogP contribution in [0.1, 0.15) is 11.3 Å². The Morgan fingerprint density at radius 2 is 1.96 bits per heavy atom.